The Hall–Kier alpha value is -4.07. The summed E-state index contributed by atoms with van der Waals surface area (Å²) in [4.78, 5) is 13.5. The van der Waals surface area contributed by atoms with Gasteiger partial charge in [-0.2, -0.15) is 0 Å². The van der Waals surface area contributed by atoms with Gasteiger partial charge < -0.3 is 89.9 Å². The van der Waals surface area contributed by atoms with E-state index in [-0.39, 0.29) is 18.9 Å². The van der Waals surface area contributed by atoms with Crippen LogP contribution in [0.2, 0.25) is 0 Å². The Morgan fingerprint density at radius 3 is 1.04 bits per heavy atom. The van der Waals surface area contributed by atoms with Crippen LogP contribution in [0.4, 0.5) is 0 Å². The normalized spacial score (nSPS) is 26.6. The Morgan fingerprint density at radius 2 is 0.663 bits per heavy atom. The third-order valence-corrected chi connectivity index (χ3v) is 19.2. The Labute approximate surface area is 626 Å². The van der Waals surface area contributed by atoms with Gasteiger partial charge in [0.25, 0.3) is 0 Å². The lowest BCUT2D eigenvalue weighted by atomic mass is 9.96. The summed E-state index contributed by atoms with van der Waals surface area (Å²) in [7, 11) is 0. The summed E-state index contributed by atoms with van der Waals surface area (Å²) in [5.74, 6) is -0.288. The number of hydrogen-bond acceptors (Lipinski definition) is 18. The number of hydrogen-bond donors (Lipinski definition) is 12. The standard InChI is InChI=1S/C85H143NO18/c1-3-5-7-9-11-13-15-17-19-21-23-25-26-27-28-29-30-31-32-33-34-35-36-37-38-39-40-41-42-43-45-47-49-51-53-55-57-59-61-63-73(91)86-68(69(90)62-60-58-56-54-52-50-48-46-44-24-22-20-18-16-14-12-10-8-6-4-2)67-99-83-79(97)76(94)81(71(65-88)101-83)104-85-80(98)77(95)82(72(66-89)102-85)103-84-78(96)75(93)74(92)70(64-87)100-84/h5,7,11,13,17,19,23,25,27-28,30-31,33-34,36-37,39-40,42-43,60,62,68-72,74-85,87-90,92-98H,3-4,6,8-10,12,14-16,18,20-22,24,26,29,32,35,38,41,44-59,61,63-67H2,1-2H3,(H,86,91)/b7-5-,13-11-,19-17-,25-23-,28-27-,31-30-,34-33-,37-36-,40-39-,43-42-,62-60+. The van der Waals surface area contributed by atoms with E-state index in [0.29, 0.717) is 6.42 Å². The van der Waals surface area contributed by atoms with Gasteiger partial charge in [0.05, 0.1) is 38.6 Å². The average molecular weight is 1470 g/mol. The first-order valence-corrected chi connectivity index (χ1v) is 40.4. The second-order valence-electron chi connectivity index (χ2n) is 28.1. The van der Waals surface area contributed by atoms with Gasteiger partial charge in [-0.05, 0) is 96.3 Å². The highest BCUT2D eigenvalue weighted by Crippen LogP contribution is 2.33. The highest BCUT2D eigenvalue weighted by Gasteiger charge is 2.54. The van der Waals surface area contributed by atoms with E-state index in [2.05, 4.69) is 141 Å². The molecule has 0 saturated carbocycles. The smallest absolute Gasteiger partial charge is 0.220 e. The van der Waals surface area contributed by atoms with E-state index in [9.17, 15) is 61.0 Å². The quantitative estimate of drug-likeness (QED) is 0.0199. The number of unbranched alkanes of at least 4 members (excludes halogenated alkanes) is 26. The molecule has 3 saturated heterocycles. The Bertz CT molecular complexity index is 2400. The lowest BCUT2D eigenvalue weighted by Crippen LogP contribution is -2.66. The molecule has 0 aromatic rings. The minimum Gasteiger partial charge on any atom is -0.394 e. The van der Waals surface area contributed by atoms with E-state index in [1.165, 1.54) is 103 Å². The highest BCUT2D eigenvalue weighted by atomic mass is 16.8. The summed E-state index contributed by atoms with van der Waals surface area (Å²) < 4.78 is 34.4. The topological polar surface area (TPSA) is 307 Å². The maximum absolute atomic E-state index is 13.5. The van der Waals surface area contributed by atoms with Crippen LogP contribution in [0, 0.1) is 0 Å². The molecule has 0 spiro atoms. The number of aliphatic hydroxyl groups excluding tert-OH is 11. The monoisotopic (exact) mass is 1470 g/mol. The minimum absolute atomic E-state index is 0.226. The molecule has 3 aliphatic rings. The van der Waals surface area contributed by atoms with Gasteiger partial charge >= 0.3 is 0 Å². The van der Waals surface area contributed by atoms with E-state index >= 15 is 0 Å². The predicted molar refractivity (Wildman–Crippen MR) is 415 cm³/mol. The molecule has 0 radical (unpaired) electrons. The van der Waals surface area contributed by atoms with Crippen molar-refractivity contribution in [3.63, 3.8) is 0 Å². The van der Waals surface area contributed by atoms with E-state index < -0.39 is 124 Å². The fraction of sp³-hybridized carbons (Fsp3) is 0.729. The number of carbonyl (C=O) groups is 1. The van der Waals surface area contributed by atoms with Gasteiger partial charge in [0, 0.05) is 6.42 Å². The van der Waals surface area contributed by atoms with E-state index in [0.717, 1.165) is 135 Å². The lowest BCUT2D eigenvalue weighted by Gasteiger charge is -2.48. The second-order valence-corrected chi connectivity index (χ2v) is 28.1. The lowest BCUT2D eigenvalue weighted by molar-refractivity contribution is -0.379. The summed E-state index contributed by atoms with van der Waals surface area (Å²) in [6.07, 6.45) is 64.2. The summed E-state index contributed by atoms with van der Waals surface area (Å²) in [5, 5.41) is 121. The summed E-state index contributed by atoms with van der Waals surface area (Å²) in [5.41, 5.74) is 0. The van der Waals surface area contributed by atoms with E-state index in [4.69, 9.17) is 28.4 Å². The molecule has 0 bridgehead atoms. The molecule has 0 aromatic heterocycles. The van der Waals surface area contributed by atoms with Crippen LogP contribution < -0.4 is 5.32 Å². The van der Waals surface area contributed by atoms with Crippen LogP contribution in [0.1, 0.15) is 264 Å². The fourth-order valence-corrected chi connectivity index (χ4v) is 12.7. The maximum atomic E-state index is 13.5. The highest BCUT2D eigenvalue weighted by molar-refractivity contribution is 5.76. The van der Waals surface area contributed by atoms with Crippen LogP contribution >= 0.6 is 0 Å². The van der Waals surface area contributed by atoms with Gasteiger partial charge in [0.2, 0.25) is 5.91 Å². The van der Waals surface area contributed by atoms with Crippen molar-refractivity contribution >= 4 is 5.91 Å². The predicted octanol–water partition coefficient (Wildman–Crippen LogP) is 13.7. The molecule has 104 heavy (non-hydrogen) atoms. The molecule has 596 valence electrons. The van der Waals surface area contributed by atoms with Gasteiger partial charge in [-0.1, -0.05) is 295 Å². The number of nitrogens with one attached hydrogen (secondary N) is 1. The van der Waals surface area contributed by atoms with Crippen molar-refractivity contribution in [2.75, 3.05) is 26.4 Å². The van der Waals surface area contributed by atoms with Crippen LogP contribution in [-0.4, -0.2) is 193 Å². The number of aliphatic hydroxyl groups is 11. The minimum atomic E-state index is -1.99. The van der Waals surface area contributed by atoms with Crippen LogP contribution in [0.5, 0.6) is 0 Å². The van der Waals surface area contributed by atoms with Crippen LogP contribution in [0.15, 0.2) is 134 Å². The molecule has 19 heteroatoms. The van der Waals surface area contributed by atoms with Crippen molar-refractivity contribution in [1.82, 2.24) is 5.32 Å². The Balaban J connectivity index is 1.36. The summed E-state index contributed by atoms with van der Waals surface area (Å²) in [6, 6.07) is -0.988. The number of carbonyl (C=O) groups excluding carboxylic acids is 1. The van der Waals surface area contributed by atoms with Crippen LogP contribution in [0.25, 0.3) is 0 Å². The van der Waals surface area contributed by atoms with Crippen LogP contribution in [-0.2, 0) is 33.2 Å². The first-order chi connectivity index (χ1) is 50.8. The first-order valence-electron chi connectivity index (χ1n) is 40.4. The molecule has 17 atom stereocenters. The molecule has 12 N–H and O–H groups in total. The first kappa shape index (κ1) is 94.1. The van der Waals surface area contributed by atoms with Gasteiger partial charge in [0.15, 0.2) is 18.9 Å². The van der Waals surface area contributed by atoms with Crippen molar-refractivity contribution in [1.29, 1.82) is 0 Å². The molecule has 1 amide bonds. The third kappa shape index (κ3) is 43.2. The molecule has 3 aliphatic heterocycles. The van der Waals surface area contributed by atoms with Gasteiger partial charge in [-0.15, -0.1) is 0 Å². The van der Waals surface area contributed by atoms with Crippen LogP contribution in [0.3, 0.4) is 0 Å². The molecule has 3 heterocycles. The number of allylic oxidation sites excluding steroid dienone is 21. The SMILES string of the molecule is CC/C=C\C/C=C\C/C=C\C/C=C\C/C=C\C/C=C\C/C=C\C/C=C\C/C=C\C/C=C\CCCCCCCCCCC(=O)NC(COC1OC(CO)C(OC2OC(CO)C(OC3OC(CO)C(O)C(O)C3O)C(O)C2O)C(O)C1O)C(O)/C=C/CCCCCCCCCCCCCCCCCCCC. The zero-order valence-corrected chi connectivity index (χ0v) is 63.7. The molecule has 3 fully saturated rings. The zero-order valence-electron chi connectivity index (χ0n) is 63.7. The summed E-state index contributed by atoms with van der Waals surface area (Å²) in [6.45, 7) is 1.62. The number of amides is 1. The fourth-order valence-electron chi connectivity index (χ4n) is 12.7. The van der Waals surface area contributed by atoms with Crippen molar-refractivity contribution < 1.29 is 89.4 Å². The largest absolute Gasteiger partial charge is 0.394 e. The van der Waals surface area contributed by atoms with E-state index in [1.807, 2.05) is 6.08 Å². The molecule has 17 unspecified atom stereocenters. The third-order valence-electron chi connectivity index (χ3n) is 19.2. The van der Waals surface area contributed by atoms with E-state index in [1.54, 1.807) is 6.08 Å². The Morgan fingerprint density at radius 1 is 0.356 bits per heavy atom. The molecule has 0 aliphatic carbocycles. The van der Waals surface area contributed by atoms with Gasteiger partial charge in [0.1, 0.15) is 73.2 Å². The molecule has 19 nitrogen and oxygen atoms in total. The molecular weight excluding hydrogens is 1320 g/mol. The van der Waals surface area contributed by atoms with Crippen molar-refractivity contribution in [3.8, 4) is 0 Å². The van der Waals surface area contributed by atoms with Crippen molar-refractivity contribution in [2.24, 2.45) is 0 Å². The number of ether oxygens (including phenoxy) is 6. The van der Waals surface area contributed by atoms with Gasteiger partial charge in [-0.3, -0.25) is 4.79 Å². The number of rotatable bonds is 62. The van der Waals surface area contributed by atoms with Crippen molar-refractivity contribution in [2.45, 2.75) is 369 Å². The molecule has 0 aromatic carbocycles. The average Bonchev–Trinajstić information content (AvgIpc) is 0.783. The van der Waals surface area contributed by atoms with Crippen molar-refractivity contribution in [3.05, 3.63) is 134 Å². The summed E-state index contributed by atoms with van der Waals surface area (Å²) >= 11 is 0. The zero-order chi connectivity index (χ0) is 75.3. The van der Waals surface area contributed by atoms with Gasteiger partial charge in [-0.25, -0.2) is 0 Å². The Kier molecular flexibility index (Phi) is 57.8. The molecule has 3 rings (SSSR count). The second kappa shape index (κ2) is 63.8. The molecular formula is C85H143NO18. The maximum Gasteiger partial charge on any atom is 0.220 e.